The molecule has 1 atom stereocenters. The van der Waals surface area contributed by atoms with Crippen molar-refractivity contribution in [2.75, 3.05) is 31.6 Å². The van der Waals surface area contributed by atoms with Crippen molar-refractivity contribution in [2.24, 2.45) is 0 Å². The topological polar surface area (TPSA) is 40.6 Å². The standard InChI is InChI=1S/C19H22N2O2S.ClH/c1-20-11-10-16(14-20)21-12-9-15-13-18(7-8-19(15)21)24(22,23)17-5-3-2-4-6-17;/h2-8,13,16H,9-12,14H2,1H3;1H. The van der Waals surface area contributed by atoms with Crippen LogP contribution in [-0.2, 0) is 16.3 Å². The summed E-state index contributed by atoms with van der Waals surface area (Å²) in [5.74, 6) is 0. The lowest BCUT2D eigenvalue weighted by molar-refractivity contribution is 0.408. The van der Waals surface area contributed by atoms with Gasteiger partial charge in [-0.25, -0.2) is 8.42 Å². The van der Waals surface area contributed by atoms with E-state index in [4.69, 9.17) is 0 Å². The maximum atomic E-state index is 12.8. The molecule has 0 amide bonds. The van der Waals surface area contributed by atoms with Crippen molar-refractivity contribution in [1.82, 2.24) is 4.90 Å². The molecule has 2 aromatic rings. The normalized spacial score (nSPS) is 20.4. The monoisotopic (exact) mass is 378 g/mol. The first-order valence-electron chi connectivity index (χ1n) is 8.44. The van der Waals surface area contributed by atoms with Gasteiger partial charge in [0, 0.05) is 24.8 Å². The van der Waals surface area contributed by atoms with Gasteiger partial charge in [0.05, 0.1) is 9.79 Å². The van der Waals surface area contributed by atoms with Gasteiger partial charge in [-0.3, -0.25) is 0 Å². The van der Waals surface area contributed by atoms with Gasteiger partial charge >= 0.3 is 0 Å². The maximum absolute atomic E-state index is 12.8. The molecule has 2 aliphatic heterocycles. The molecule has 4 rings (SSSR count). The largest absolute Gasteiger partial charge is 0.367 e. The molecule has 2 aromatic carbocycles. The molecular formula is C19H23ClN2O2S. The summed E-state index contributed by atoms with van der Waals surface area (Å²) in [5.41, 5.74) is 2.36. The van der Waals surface area contributed by atoms with Crippen LogP contribution in [0.3, 0.4) is 0 Å². The summed E-state index contributed by atoms with van der Waals surface area (Å²) in [6, 6.07) is 14.8. The molecule has 2 heterocycles. The van der Waals surface area contributed by atoms with E-state index in [1.165, 1.54) is 12.1 Å². The van der Waals surface area contributed by atoms with Crippen LogP contribution in [0.2, 0.25) is 0 Å². The molecule has 1 unspecified atom stereocenters. The third-order valence-corrected chi connectivity index (χ3v) is 6.92. The van der Waals surface area contributed by atoms with Crippen LogP contribution >= 0.6 is 12.4 Å². The molecular weight excluding hydrogens is 356 g/mol. The Labute approximate surface area is 155 Å². The number of nitrogens with zero attached hydrogens (tertiary/aromatic N) is 2. The Morgan fingerprint density at radius 3 is 2.44 bits per heavy atom. The van der Waals surface area contributed by atoms with Crippen LogP contribution in [0.25, 0.3) is 0 Å². The predicted octanol–water partition coefficient (Wildman–Crippen LogP) is 3.01. The Hall–Kier alpha value is -1.56. The summed E-state index contributed by atoms with van der Waals surface area (Å²) < 4.78 is 25.6. The number of anilines is 1. The average Bonchev–Trinajstić information content (AvgIpc) is 3.21. The van der Waals surface area contributed by atoms with E-state index in [0.29, 0.717) is 15.8 Å². The number of rotatable bonds is 3. The molecule has 0 aliphatic carbocycles. The van der Waals surface area contributed by atoms with E-state index in [-0.39, 0.29) is 12.4 Å². The summed E-state index contributed by atoms with van der Waals surface area (Å²) >= 11 is 0. The van der Waals surface area contributed by atoms with E-state index in [1.54, 1.807) is 30.3 Å². The molecule has 0 radical (unpaired) electrons. The van der Waals surface area contributed by atoms with Crippen LogP contribution in [0.4, 0.5) is 5.69 Å². The zero-order valence-corrected chi connectivity index (χ0v) is 15.9. The Morgan fingerprint density at radius 1 is 1.00 bits per heavy atom. The highest BCUT2D eigenvalue weighted by Gasteiger charge is 2.31. The summed E-state index contributed by atoms with van der Waals surface area (Å²) in [6.07, 6.45) is 2.10. The molecule has 1 saturated heterocycles. The zero-order valence-electron chi connectivity index (χ0n) is 14.3. The Bertz CT molecular complexity index is 855. The first-order chi connectivity index (χ1) is 11.6. The van der Waals surface area contributed by atoms with Gasteiger partial charge in [-0.15, -0.1) is 12.4 Å². The molecule has 25 heavy (non-hydrogen) atoms. The molecule has 0 spiro atoms. The van der Waals surface area contributed by atoms with Crippen molar-refractivity contribution >= 4 is 27.9 Å². The fraction of sp³-hybridized carbons (Fsp3) is 0.368. The second kappa shape index (κ2) is 6.98. The lowest BCUT2D eigenvalue weighted by Crippen LogP contribution is -2.35. The molecule has 6 heteroatoms. The van der Waals surface area contributed by atoms with Crippen molar-refractivity contribution in [3.63, 3.8) is 0 Å². The number of hydrogen-bond donors (Lipinski definition) is 0. The molecule has 2 aliphatic rings. The van der Waals surface area contributed by atoms with Gasteiger partial charge in [0.2, 0.25) is 9.84 Å². The Kier molecular flexibility index (Phi) is 5.09. The van der Waals surface area contributed by atoms with Gasteiger partial charge < -0.3 is 9.80 Å². The number of likely N-dealkylation sites (tertiary alicyclic amines) is 1. The highest BCUT2D eigenvalue weighted by Crippen LogP contribution is 2.34. The van der Waals surface area contributed by atoms with Gasteiger partial charge in [0.25, 0.3) is 0 Å². The second-order valence-corrected chi connectivity index (χ2v) is 8.70. The average molecular weight is 379 g/mol. The lowest BCUT2D eigenvalue weighted by Gasteiger charge is -2.27. The van der Waals surface area contributed by atoms with E-state index in [9.17, 15) is 8.42 Å². The van der Waals surface area contributed by atoms with Crippen molar-refractivity contribution in [1.29, 1.82) is 0 Å². The minimum Gasteiger partial charge on any atom is -0.367 e. The maximum Gasteiger partial charge on any atom is 0.206 e. The van der Waals surface area contributed by atoms with E-state index < -0.39 is 9.84 Å². The van der Waals surface area contributed by atoms with Gasteiger partial charge in [-0.1, -0.05) is 18.2 Å². The first kappa shape index (κ1) is 18.2. The lowest BCUT2D eigenvalue weighted by atomic mass is 10.1. The number of sulfone groups is 1. The summed E-state index contributed by atoms with van der Waals surface area (Å²) in [5, 5.41) is 0. The summed E-state index contributed by atoms with van der Waals surface area (Å²) in [4.78, 5) is 5.57. The molecule has 1 fully saturated rings. The number of likely N-dealkylation sites (N-methyl/N-ethyl adjacent to an activating group) is 1. The van der Waals surface area contributed by atoms with Crippen LogP contribution < -0.4 is 4.90 Å². The Balaban J connectivity index is 0.00000182. The number of halogens is 1. The second-order valence-electron chi connectivity index (χ2n) is 6.76. The molecule has 4 nitrogen and oxygen atoms in total. The Morgan fingerprint density at radius 2 is 1.76 bits per heavy atom. The SMILES string of the molecule is CN1CCC(N2CCc3cc(S(=O)(=O)c4ccccc4)ccc32)C1.Cl. The predicted molar refractivity (Wildman–Crippen MR) is 103 cm³/mol. The van der Waals surface area contributed by atoms with Crippen molar-refractivity contribution in [3.8, 4) is 0 Å². The van der Waals surface area contributed by atoms with Gasteiger partial charge in [-0.2, -0.15) is 0 Å². The van der Waals surface area contributed by atoms with E-state index in [1.807, 2.05) is 18.2 Å². The minimum atomic E-state index is -3.43. The third-order valence-electron chi connectivity index (χ3n) is 5.15. The van der Waals surface area contributed by atoms with Crippen LogP contribution in [0.1, 0.15) is 12.0 Å². The smallest absolute Gasteiger partial charge is 0.206 e. The fourth-order valence-corrected chi connectivity index (χ4v) is 5.18. The van der Waals surface area contributed by atoms with Crippen molar-refractivity contribution in [2.45, 2.75) is 28.7 Å². The highest BCUT2D eigenvalue weighted by atomic mass is 35.5. The minimum absolute atomic E-state index is 0. The van der Waals surface area contributed by atoms with E-state index in [0.717, 1.165) is 31.6 Å². The molecule has 134 valence electrons. The number of hydrogen-bond acceptors (Lipinski definition) is 4. The molecule has 0 bridgehead atoms. The molecule has 0 aromatic heterocycles. The van der Waals surface area contributed by atoms with E-state index >= 15 is 0 Å². The summed E-state index contributed by atoms with van der Waals surface area (Å²) in [6.45, 7) is 3.21. The van der Waals surface area contributed by atoms with Gasteiger partial charge in [-0.05, 0) is 62.3 Å². The van der Waals surface area contributed by atoms with Gasteiger partial charge in [0.15, 0.2) is 0 Å². The van der Waals surface area contributed by atoms with Crippen LogP contribution in [-0.4, -0.2) is 46.0 Å². The zero-order chi connectivity index (χ0) is 16.7. The van der Waals surface area contributed by atoms with Gasteiger partial charge in [0.1, 0.15) is 0 Å². The number of benzene rings is 2. The highest BCUT2D eigenvalue weighted by molar-refractivity contribution is 7.91. The van der Waals surface area contributed by atoms with Crippen LogP contribution in [0, 0.1) is 0 Å². The quantitative estimate of drug-likeness (QED) is 0.823. The molecule has 0 N–H and O–H groups in total. The first-order valence-corrected chi connectivity index (χ1v) is 9.92. The number of fused-ring (bicyclic) bond motifs is 1. The van der Waals surface area contributed by atoms with Crippen molar-refractivity contribution in [3.05, 3.63) is 54.1 Å². The van der Waals surface area contributed by atoms with E-state index in [2.05, 4.69) is 16.8 Å². The van der Waals surface area contributed by atoms with Crippen LogP contribution in [0.5, 0.6) is 0 Å². The molecule has 0 saturated carbocycles. The summed E-state index contributed by atoms with van der Waals surface area (Å²) in [7, 11) is -1.27. The van der Waals surface area contributed by atoms with Crippen molar-refractivity contribution < 1.29 is 8.42 Å². The van der Waals surface area contributed by atoms with Crippen LogP contribution in [0.15, 0.2) is 58.3 Å². The fourth-order valence-electron chi connectivity index (χ4n) is 3.85. The third kappa shape index (κ3) is 3.28.